The fourth-order valence-corrected chi connectivity index (χ4v) is 2.13. The summed E-state index contributed by atoms with van der Waals surface area (Å²) in [5.41, 5.74) is 1.56. The second-order valence-electron chi connectivity index (χ2n) is 4.84. The predicted molar refractivity (Wildman–Crippen MR) is 86.3 cm³/mol. The van der Waals surface area contributed by atoms with Crippen molar-refractivity contribution in [3.8, 4) is 5.75 Å². The minimum atomic E-state index is -0.257. The number of amides is 1. The second-order valence-corrected chi connectivity index (χ2v) is 4.84. The minimum Gasteiger partial charge on any atom is -0.483 e. The molecule has 2 rings (SSSR count). The van der Waals surface area contributed by atoms with Gasteiger partial charge in [0.15, 0.2) is 6.61 Å². The molecule has 5 heteroatoms. The summed E-state index contributed by atoms with van der Waals surface area (Å²) >= 11 is 0. The zero-order chi connectivity index (χ0) is 15.9. The first-order chi connectivity index (χ1) is 10.6. The highest BCUT2D eigenvalue weighted by molar-refractivity contribution is 5.91. The van der Waals surface area contributed by atoms with Crippen LogP contribution in [0.4, 0.5) is 5.69 Å². The number of carbonyl (C=O) groups excluding carboxylic acids is 1. The molecule has 1 aromatic carbocycles. The summed E-state index contributed by atoms with van der Waals surface area (Å²) in [5, 5.41) is 2.73. The van der Waals surface area contributed by atoms with Gasteiger partial charge in [-0.25, -0.2) is 0 Å². The number of hydrogen-bond acceptors (Lipinski definition) is 3. The maximum atomic E-state index is 11.9. The Labute approximate surface area is 129 Å². The van der Waals surface area contributed by atoms with Crippen LogP contribution in [0, 0.1) is 0 Å². The number of hydrogen-bond donors (Lipinski definition) is 1. The van der Waals surface area contributed by atoms with Gasteiger partial charge in [0.2, 0.25) is 0 Å². The molecule has 22 heavy (non-hydrogen) atoms. The molecule has 1 amide bonds. The van der Waals surface area contributed by atoms with Gasteiger partial charge in [-0.2, -0.15) is 0 Å². The molecular weight excluding hydrogens is 280 g/mol. The Morgan fingerprint density at radius 1 is 1.18 bits per heavy atom. The molecule has 0 bridgehead atoms. The number of nitrogens with one attached hydrogen (secondary N) is 1. The zero-order valence-corrected chi connectivity index (χ0v) is 12.8. The summed E-state index contributed by atoms with van der Waals surface area (Å²) < 4.78 is 7.09. The number of anilines is 1. The molecule has 0 aliphatic rings. The van der Waals surface area contributed by atoms with E-state index in [1.165, 1.54) is 10.6 Å². The van der Waals surface area contributed by atoms with E-state index in [2.05, 4.69) is 5.32 Å². The van der Waals surface area contributed by atoms with Gasteiger partial charge in [0.05, 0.1) is 5.69 Å². The van der Waals surface area contributed by atoms with Gasteiger partial charge >= 0.3 is 0 Å². The summed E-state index contributed by atoms with van der Waals surface area (Å²) in [5.74, 6) is 0.464. The number of para-hydroxylation sites is 1. The number of ether oxygens (including phenoxy) is 1. The molecule has 0 spiro atoms. The van der Waals surface area contributed by atoms with Crippen LogP contribution in [0.3, 0.4) is 0 Å². The van der Waals surface area contributed by atoms with Gasteiger partial charge in [-0.15, -0.1) is 0 Å². The molecule has 0 atom stereocenters. The maximum absolute atomic E-state index is 11.9. The van der Waals surface area contributed by atoms with Crippen molar-refractivity contribution in [1.29, 1.82) is 0 Å². The molecule has 0 saturated heterocycles. The van der Waals surface area contributed by atoms with Crippen molar-refractivity contribution < 1.29 is 9.53 Å². The molecule has 0 radical (unpaired) electrons. The first kappa shape index (κ1) is 15.8. The van der Waals surface area contributed by atoms with Crippen LogP contribution >= 0.6 is 0 Å². The van der Waals surface area contributed by atoms with E-state index in [1.807, 2.05) is 38.1 Å². The number of aryl methyl sites for hydroxylation is 2. The minimum absolute atomic E-state index is 0.0672. The standard InChI is InChI=1S/C17H20N2O3/c1-3-13-7-5-6-8-15(13)22-12-16(20)18-14-9-10-17(21)19(4-2)11-14/h5-11H,3-4,12H2,1-2H3,(H,18,20). The predicted octanol–water partition coefficient (Wildman–Crippen LogP) is 2.45. The van der Waals surface area contributed by atoms with Gasteiger partial charge in [-0.1, -0.05) is 25.1 Å². The first-order valence-electron chi connectivity index (χ1n) is 7.35. The fourth-order valence-electron chi connectivity index (χ4n) is 2.13. The molecule has 1 aromatic heterocycles. The number of aromatic nitrogens is 1. The molecule has 0 aliphatic heterocycles. The Balaban J connectivity index is 1.97. The number of carbonyl (C=O) groups is 1. The smallest absolute Gasteiger partial charge is 0.262 e. The van der Waals surface area contributed by atoms with E-state index in [4.69, 9.17) is 4.74 Å². The zero-order valence-electron chi connectivity index (χ0n) is 12.8. The van der Waals surface area contributed by atoms with Gasteiger partial charge in [-0.3, -0.25) is 9.59 Å². The van der Waals surface area contributed by atoms with Crippen molar-refractivity contribution in [3.63, 3.8) is 0 Å². The van der Waals surface area contributed by atoms with E-state index in [9.17, 15) is 9.59 Å². The third-order valence-electron chi connectivity index (χ3n) is 3.32. The molecular formula is C17H20N2O3. The van der Waals surface area contributed by atoms with Crippen LogP contribution in [0.15, 0.2) is 47.4 Å². The summed E-state index contributed by atoms with van der Waals surface area (Å²) in [4.78, 5) is 23.4. The van der Waals surface area contributed by atoms with E-state index in [0.717, 1.165) is 17.7 Å². The Hall–Kier alpha value is -2.56. The Kier molecular flexibility index (Phi) is 5.36. The highest BCUT2D eigenvalue weighted by Crippen LogP contribution is 2.18. The third kappa shape index (κ3) is 3.97. The lowest BCUT2D eigenvalue weighted by Gasteiger charge is -2.11. The third-order valence-corrected chi connectivity index (χ3v) is 3.32. The number of benzene rings is 1. The normalized spacial score (nSPS) is 10.3. The molecule has 5 nitrogen and oxygen atoms in total. The van der Waals surface area contributed by atoms with Crippen LogP contribution in [-0.4, -0.2) is 17.1 Å². The van der Waals surface area contributed by atoms with Crippen molar-refractivity contribution in [2.24, 2.45) is 0 Å². The average Bonchev–Trinajstić information content (AvgIpc) is 2.55. The highest BCUT2D eigenvalue weighted by Gasteiger charge is 2.07. The van der Waals surface area contributed by atoms with Gasteiger partial charge < -0.3 is 14.6 Å². The highest BCUT2D eigenvalue weighted by atomic mass is 16.5. The maximum Gasteiger partial charge on any atom is 0.262 e. The lowest BCUT2D eigenvalue weighted by Crippen LogP contribution is -2.23. The SMILES string of the molecule is CCc1ccccc1OCC(=O)Nc1ccc(=O)n(CC)c1. The van der Waals surface area contributed by atoms with Crippen LogP contribution < -0.4 is 15.6 Å². The molecule has 1 N–H and O–H groups in total. The Morgan fingerprint density at radius 3 is 2.68 bits per heavy atom. The van der Waals surface area contributed by atoms with E-state index >= 15 is 0 Å². The molecule has 0 saturated carbocycles. The Morgan fingerprint density at radius 2 is 1.95 bits per heavy atom. The van der Waals surface area contributed by atoms with Crippen LogP contribution in [-0.2, 0) is 17.8 Å². The summed E-state index contributed by atoms with van der Waals surface area (Å²) in [6.07, 6.45) is 2.47. The first-order valence-corrected chi connectivity index (χ1v) is 7.35. The monoisotopic (exact) mass is 300 g/mol. The number of rotatable bonds is 6. The lowest BCUT2D eigenvalue weighted by molar-refractivity contribution is -0.118. The molecule has 116 valence electrons. The van der Waals surface area contributed by atoms with Crippen LogP contribution in [0.5, 0.6) is 5.75 Å². The van der Waals surface area contributed by atoms with Crippen molar-refractivity contribution in [3.05, 3.63) is 58.5 Å². The van der Waals surface area contributed by atoms with Crippen LogP contribution in [0.25, 0.3) is 0 Å². The Bertz CT molecular complexity index is 707. The van der Waals surface area contributed by atoms with Gasteiger partial charge in [-0.05, 0) is 31.0 Å². The topological polar surface area (TPSA) is 60.3 Å². The van der Waals surface area contributed by atoms with Crippen molar-refractivity contribution >= 4 is 11.6 Å². The number of nitrogens with zero attached hydrogens (tertiary/aromatic N) is 1. The van der Waals surface area contributed by atoms with Crippen molar-refractivity contribution in [2.45, 2.75) is 26.8 Å². The number of pyridine rings is 1. The van der Waals surface area contributed by atoms with E-state index in [0.29, 0.717) is 12.2 Å². The van der Waals surface area contributed by atoms with Crippen LogP contribution in [0.2, 0.25) is 0 Å². The molecule has 1 heterocycles. The molecule has 0 aliphatic carbocycles. The molecule has 0 fully saturated rings. The molecule has 2 aromatic rings. The lowest BCUT2D eigenvalue weighted by atomic mass is 10.1. The molecule has 0 unspecified atom stereocenters. The van der Waals surface area contributed by atoms with Crippen molar-refractivity contribution in [1.82, 2.24) is 4.57 Å². The van der Waals surface area contributed by atoms with E-state index in [1.54, 1.807) is 12.3 Å². The van der Waals surface area contributed by atoms with Gasteiger partial charge in [0, 0.05) is 18.8 Å². The largest absolute Gasteiger partial charge is 0.483 e. The quantitative estimate of drug-likeness (QED) is 0.891. The second kappa shape index (κ2) is 7.45. The average molecular weight is 300 g/mol. The van der Waals surface area contributed by atoms with E-state index < -0.39 is 0 Å². The van der Waals surface area contributed by atoms with Crippen LogP contribution in [0.1, 0.15) is 19.4 Å². The van der Waals surface area contributed by atoms with Gasteiger partial charge in [0.25, 0.3) is 11.5 Å². The van der Waals surface area contributed by atoms with Gasteiger partial charge in [0.1, 0.15) is 5.75 Å². The van der Waals surface area contributed by atoms with E-state index in [-0.39, 0.29) is 18.1 Å². The van der Waals surface area contributed by atoms with Crippen molar-refractivity contribution in [2.75, 3.05) is 11.9 Å². The summed E-state index contributed by atoms with van der Waals surface area (Å²) in [6, 6.07) is 10.7. The summed E-state index contributed by atoms with van der Waals surface area (Å²) in [6.45, 7) is 4.40. The summed E-state index contributed by atoms with van der Waals surface area (Å²) in [7, 11) is 0. The fraction of sp³-hybridized carbons (Fsp3) is 0.294.